The van der Waals surface area contributed by atoms with Gasteiger partial charge in [-0.1, -0.05) is 36.4 Å². The first-order valence-corrected chi connectivity index (χ1v) is 8.13. The summed E-state index contributed by atoms with van der Waals surface area (Å²) in [6.07, 6.45) is 8.37. The number of H-pyrrole nitrogens is 1. The smallest absolute Gasteiger partial charge is 0.248 e. The van der Waals surface area contributed by atoms with Crippen LogP contribution in [0, 0.1) is 0 Å². The minimum absolute atomic E-state index is 0.0845. The predicted molar refractivity (Wildman–Crippen MR) is 101 cm³/mol. The number of fused-ring (bicyclic) bond motifs is 1. The summed E-state index contributed by atoms with van der Waals surface area (Å²) in [7, 11) is 0. The second kappa shape index (κ2) is 6.61. The van der Waals surface area contributed by atoms with Crippen LogP contribution in [0.3, 0.4) is 0 Å². The number of benzene rings is 2. The molecule has 122 valence electrons. The summed E-state index contributed by atoms with van der Waals surface area (Å²) in [5, 5.41) is 1.02. The van der Waals surface area contributed by atoms with Crippen molar-refractivity contribution in [2.24, 2.45) is 0 Å². The summed E-state index contributed by atoms with van der Waals surface area (Å²) in [4.78, 5) is 18.5. The highest BCUT2D eigenvalue weighted by Crippen LogP contribution is 2.24. The molecule has 0 atom stereocenters. The number of pyridine rings is 1. The zero-order chi connectivity index (χ0) is 17.1. The van der Waals surface area contributed by atoms with Gasteiger partial charge in [-0.25, -0.2) is 4.98 Å². The predicted octanol–water partition coefficient (Wildman–Crippen LogP) is 3.97. The maximum atomic E-state index is 11.5. The first-order valence-electron chi connectivity index (χ1n) is 8.13. The summed E-state index contributed by atoms with van der Waals surface area (Å²) in [5.74, 6) is 0. The number of nitrogens with zero attached hydrogens (tertiary/aromatic N) is 2. The Bertz CT molecular complexity index is 1080. The SMILES string of the molecule is O=c1ccc2cc(/C(=C/n3ccnc3)Cc3ccccc3)ccc2[nH]1. The van der Waals surface area contributed by atoms with E-state index in [-0.39, 0.29) is 5.56 Å². The number of aromatic nitrogens is 3. The molecule has 0 bridgehead atoms. The van der Waals surface area contributed by atoms with E-state index in [1.165, 1.54) is 11.1 Å². The molecule has 0 aliphatic carbocycles. The Kier molecular flexibility index (Phi) is 4.01. The van der Waals surface area contributed by atoms with Crippen molar-refractivity contribution in [3.63, 3.8) is 0 Å². The minimum Gasteiger partial charge on any atom is -0.322 e. The second-order valence-electron chi connectivity index (χ2n) is 5.95. The Morgan fingerprint density at radius 2 is 1.96 bits per heavy atom. The average Bonchev–Trinajstić information content (AvgIpc) is 3.15. The molecular weight excluding hydrogens is 310 g/mol. The van der Waals surface area contributed by atoms with Crippen LogP contribution in [0.15, 0.2) is 84.2 Å². The van der Waals surface area contributed by atoms with Gasteiger partial charge in [-0.15, -0.1) is 0 Å². The maximum absolute atomic E-state index is 11.5. The first kappa shape index (κ1) is 15.1. The van der Waals surface area contributed by atoms with Crippen molar-refractivity contribution >= 4 is 22.7 Å². The van der Waals surface area contributed by atoms with Crippen LogP contribution in [0.5, 0.6) is 0 Å². The molecular formula is C21H17N3O. The molecule has 0 amide bonds. The topological polar surface area (TPSA) is 50.7 Å². The number of aromatic amines is 1. The normalized spacial score (nSPS) is 11.8. The molecule has 0 saturated heterocycles. The summed E-state index contributed by atoms with van der Waals surface area (Å²) in [5.41, 5.74) is 4.31. The average molecular weight is 327 g/mol. The molecule has 25 heavy (non-hydrogen) atoms. The van der Waals surface area contributed by atoms with Crippen molar-refractivity contribution in [3.8, 4) is 0 Å². The Morgan fingerprint density at radius 3 is 2.76 bits per heavy atom. The quantitative estimate of drug-likeness (QED) is 0.617. The lowest BCUT2D eigenvalue weighted by Crippen LogP contribution is -2.02. The van der Waals surface area contributed by atoms with Gasteiger partial charge >= 0.3 is 0 Å². The maximum Gasteiger partial charge on any atom is 0.248 e. The van der Waals surface area contributed by atoms with Gasteiger partial charge in [0.05, 0.1) is 6.33 Å². The molecule has 2 aromatic heterocycles. The molecule has 4 rings (SSSR count). The van der Waals surface area contributed by atoms with Crippen LogP contribution in [0.25, 0.3) is 22.7 Å². The lowest BCUT2D eigenvalue weighted by Gasteiger charge is -2.10. The van der Waals surface area contributed by atoms with Crippen LogP contribution in [-0.2, 0) is 6.42 Å². The molecule has 2 heterocycles. The van der Waals surface area contributed by atoms with E-state index in [1.54, 1.807) is 18.6 Å². The molecule has 0 spiro atoms. The molecule has 2 aromatic carbocycles. The molecule has 4 heteroatoms. The monoisotopic (exact) mass is 327 g/mol. The molecule has 4 nitrogen and oxygen atoms in total. The highest BCUT2D eigenvalue weighted by molar-refractivity contribution is 5.86. The van der Waals surface area contributed by atoms with Crippen molar-refractivity contribution in [2.75, 3.05) is 0 Å². The van der Waals surface area contributed by atoms with Crippen LogP contribution in [0.1, 0.15) is 11.1 Å². The van der Waals surface area contributed by atoms with E-state index >= 15 is 0 Å². The Labute approximate surface area is 145 Å². The molecule has 0 radical (unpaired) electrons. The standard InChI is InChI=1S/C21H17N3O/c25-21-9-7-18-13-17(6-8-20(18)23-21)19(14-24-11-10-22-15-24)12-16-4-2-1-3-5-16/h1-11,13-15H,12H2,(H,23,25)/b19-14+. The van der Waals surface area contributed by atoms with E-state index in [9.17, 15) is 4.79 Å². The number of imidazole rings is 1. The lowest BCUT2D eigenvalue weighted by molar-refractivity contribution is 1.13. The van der Waals surface area contributed by atoms with Crippen LogP contribution < -0.4 is 5.56 Å². The fraction of sp³-hybridized carbons (Fsp3) is 0.0476. The molecule has 0 unspecified atom stereocenters. The molecule has 0 fully saturated rings. The van der Waals surface area contributed by atoms with Crippen molar-refractivity contribution in [3.05, 3.63) is 101 Å². The molecule has 4 aromatic rings. The van der Waals surface area contributed by atoms with Crippen molar-refractivity contribution in [1.82, 2.24) is 14.5 Å². The van der Waals surface area contributed by atoms with E-state index in [4.69, 9.17) is 0 Å². The van der Waals surface area contributed by atoms with Gasteiger partial charge in [0.15, 0.2) is 0 Å². The van der Waals surface area contributed by atoms with Crippen molar-refractivity contribution in [1.29, 1.82) is 0 Å². The first-order chi connectivity index (χ1) is 12.3. The third kappa shape index (κ3) is 3.43. The van der Waals surface area contributed by atoms with Crippen molar-refractivity contribution < 1.29 is 0 Å². The Balaban J connectivity index is 1.79. The summed E-state index contributed by atoms with van der Waals surface area (Å²) in [6.45, 7) is 0. The van der Waals surface area contributed by atoms with Gasteiger partial charge in [0, 0.05) is 30.2 Å². The van der Waals surface area contributed by atoms with Crippen LogP contribution >= 0.6 is 0 Å². The zero-order valence-corrected chi connectivity index (χ0v) is 13.6. The number of nitrogens with one attached hydrogen (secondary N) is 1. The number of hydrogen-bond donors (Lipinski definition) is 1. The summed E-state index contributed by atoms with van der Waals surface area (Å²) >= 11 is 0. The van der Waals surface area contributed by atoms with Gasteiger partial charge in [-0.3, -0.25) is 4.79 Å². The number of rotatable bonds is 4. The van der Waals surface area contributed by atoms with Crippen LogP contribution in [-0.4, -0.2) is 14.5 Å². The van der Waals surface area contributed by atoms with Crippen LogP contribution in [0.4, 0.5) is 0 Å². The van der Waals surface area contributed by atoms with E-state index < -0.39 is 0 Å². The summed E-state index contributed by atoms with van der Waals surface area (Å²) < 4.78 is 1.95. The fourth-order valence-electron chi connectivity index (χ4n) is 2.92. The van der Waals surface area contributed by atoms with Gasteiger partial charge in [0.2, 0.25) is 5.56 Å². The zero-order valence-electron chi connectivity index (χ0n) is 13.6. The molecule has 0 aliphatic heterocycles. The van der Waals surface area contributed by atoms with Gasteiger partial charge < -0.3 is 9.55 Å². The highest BCUT2D eigenvalue weighted by atomic mass is 16.1. The molecule has 0 aliphatic rings. The summed E-state index contributed by atoms with van der Waals surface area (Å²) in [6, 6.07) is 19.9. The molecule has 0 saturated carbocycles. The Morgan fingerprint density at radius 1 is 1.08 bits per heavy atom. The number of hydrogen-bond acceptors (Lipinski definition) is 2. The number of allylic oxidation sites excluding steroid dienone is 1. The van der Waals surface area contributed by atoms with Gasteiger partial charge in [-0.05, 0) is 46.7 Å². The van der Waals surface area contributed by atoms with E-state index in [2.05, 4.69) is 46.5 Å². The third-order valence-corrected chi connectivity index (χ3v) is 4.16. The lowest BCUT2D eigenvalue weighted by atomic mass is 9.97. The van der Waals surface area contributed by atoms with Crippen molar-refractivity contribution in [2.45, 2.75) is 6.42 Å². The van der Waals surface area contributed by atoms with Crippen LogP contribution in [0.2, 0.25) is 0 Å². The fourth-order valence-corrected chi connectivity index (χ4v) is 2.92. The Hall–Kier alpha value is -3.40. The van der Waals surface area contributed by atoms with E-state index in [1.807, 2.05) is 35.0 Å². The third-order valence-electron chi connectivity index (χ3n) is 4.16. The van der Waals surface area contributed by atoms with E-state index in [0.29, 0.717) is 0 Å². The van der Waals surface area contributed by atoms with Gasteiger partial charge in [0.1, 0.15) is 0 Å². The minimum atomic E-state index is -0.0845. The largest absolute Gasteiger partial charge is 0.322 e. The second-order valence-corrected chi connectivity index (χ2v) is 5.95. The highest BCUT2D eigenvalue weighted by Gasteiger charge is 2.06. The van der Waals surface area contributed by atoms with Gasteiger partial charge in [0.25, 0.3) is 0 Å². The van der Waals surface area contributed by atoms with E-state index in [0.717, 1.165) is 22.9 Å². The molecule has 1 N–H and O–H groups in total. The van der Waals surface area contributed by atoms with Gasteiger partial charge in [-0.2, -0.15) is 0 Å².